The molecule has 0 amide bonds. The van der Waals surface area contributed by atoms with Crippen LogP contribution >= 0.6 is 0 Å². The zero-order valence-corrected chi connectivity index (χ0v) is 5.12. The van der Waals surface area contributed by atoms with Crippen molar-refractivity contribution in [1.82, 2.24) is 4.98 Å². The van der Waals surface area contributed by atoms with E-state index in [1.807, 2.05) is 18.6 Å². The van der Waals surface area contributed by atoms with Crippen LogP contribution in [0.2, 0.25) is 0 Å². The third-order valence-corrected chi connectivity index (χ3v) is 0.995. The lowest BCUT2D eigenvalue weighted by atomic mass is 10.2. The first kappa shape index (κ1) is 6.02. The van der Waals surface area contributed by atoms with Gasteiger partial charge in [0.05, 0.1) is 0 Å². The first-order valence-corrected chi connectivity index (χ1v) is 2.79. The molecule has 1 heteroatoms. The SMILES string of the molecule is C=C[CH]c1cccnc1. The van der Waals surface area contributed by atoms with Gasteiger partial charge in [-0.15, -0.1) is 6.58 Å². The van der Waals surface area contributed by atoms with E-state index in [0.717, 1.165) is 5.56 Å². The number of allylic oxidation sites excluding steroid dienone is 1. The van der Waals surface area contributed by atoms with Crippen LogP contribution in [0.4, 0.5) is 0 Å². The first-order valence-electron chi connectivity index (χ1n) is 2.79. The summed E-state index contributed by atoms with van der Waals surface area (Å²) in [5, 5.41) is 0. The Labute approximate surface area is 55.1 Å². The van der Waals surface area contributed by atoms with Crippen molar-refractivity contribution in [3.05, 3.63) is 49.2 Å². The molecule has 0 aliphatic rings. The summed E-state index contributed by atoms with van der Waals surface area (Å²) in [5.74, 6) is 0. The second kappa shape index (κ2) is 3.02. The molecule has 0 bridgehead atoms. The highest BCUT2D eigenvalue weighted by atomic mass is 14.6. The lowest BCUT2D eigenvalue weighted by Crippen LogP contribution is -1.76. The molecule has 1 aromatic rings. The molecule has 0 saturated heterocycles. The fraction of sp³-hybridized carbons (Fsp3) is 0. The van der Waals surface area contributed by atoms with Gasteiger partial charge in [0.2, 0.25) is 0 Å². The van der Waals surface area contributed by atoms with E-state index in [-0.39, 0.29) is 0 Å². The van der Waals surface area contributed by atoms with E-state index in [2.05, 4.69) is 11.6 Å². The van der Waals surface area contributed by atoms with E-state index in [1.54, 1.807) is 18.5 Å². The second-order valence-electron chi connectivity index (χ2n) is 1.69. The third kappa shape index (κ3) is 1.68. The van der Waals surface area contributed by atoms with Crippen LogP contribution < -0.4 is 0 Å². The minimum absolute atomic E-state index is 1.09. The van der Waals surface area contributed by atoms with Crippen molar-refractivity contribution in [2.24, 2.45) is 0 Å². The van der Waals surface area contributed by atoms with E-state index < -0.39 is 0 Å². The van der Waals surface area contributed by atoms with Gasteiger partial charge >= 0.3 is 0 Å². The summed E-state index contributed by atoms with van der Waals surface area (Å²) < 4.78 is 0. The molecule has 0 N–H and O–H groups in total. The van der Waals surface area contributed by atoms with Gasteiger partial charge in [-0.25, -0.2) is 0 Å². The molecule has 0 spiro atoms. The van der Waals surface area contributed by atoms with Gasteiger partial charge < -0.3 is 0 Å². The van der Waals surface area contributed by atoms with Gasteiger partial charge in [-0.1, -0.05) is 12.1 Å². The predicted molar refractivity (Wildman–Crippen MR) is 37.8 cm³/mol. The molecule has 1 heterocycles. The van der Waals surface area contributed by atoms with E-state index in [0.29, 0.717) is 0 Å². The number of aromatic nitrogens is 1. The Morgan fingerprint density at radius 2 is 2.44 bits per heavy atom. The maximum Gasteiger partial charge on any atom is 0.0306 e. The zero-order valence-electron chi connectivity index (χ0n) is 5.12. The molecule has 0 aliphatic heterocycles. The van der Waals surface area contributed by atoms with Crippen molar-refractivity contribution in [2.45, 2.75) is 0 Å². The molecular formula is C8H8N. The summed E-state index contributed by atoms with van der Waals surface area (Å²) in [6, 6.07) is 3.88. The van der Waals surface area contributed by atoms with Gasteiger partial charge in [-0.3, -0.25) is 4.98 Å². The number of hydrogen-bond donors (Lipinski definition) is 0. The zero-order chi connectivity index (χ0) is 6.53. The van der Waals surface area contributed by atoms with Crippen LogP contribution in [0.1, 0.15) is 5.56 Å². The van der Waals surface area contributed by atoms with Crippen molar-refractivity contribution < 1.29 is 0 Å². The van der Waals surface area contributed by atoms with Crippen molar-refractivity contribution in [3.63, 3.8) is 0 Å². The number of rotatable bonds is 2. The average molecular weight is 118 g/mol. The molecule has 1 nitrogen and oxygen atoms in total. The average Bonchev–Trinajstić information content (AvgIpc) is 1.91. The molecule has 1 radical (unpaired) electrons. The third-order valence-electron chi connectivity index (χ3n) is 0.995. The number of hydrogen-bond acceptors (Lipinski definition) is 1. The summed E-state index contributed by atoms with van der Waals surface area (Å²) >= 11 is 0. The van der Waals surface area contributed by atoms with E-state index in [9.17, 15) is 0 Å². The summed E-state index contributed by atoms with van der Waals surface area (Å²) in [6.45, 7) is 3.57. The fourth-order valence-electron chi connectivity index (χ4n) is 0.611. The standard InChI is InChI=1S/C8H8N/c1-2-4-8-5-3-6-9-7-8/h2-7H,1H2. The smallest absolute Gasteiger partial charge is 0.0306 e. The molecular weight excluding hydrogens is 110 g/mol. The quantitative estimate of drug-likeness (QED) is 0.577. The van der Waals surface area contributed by atoms with Crippen LogP contribution in [0.15, 0.2) is 37.2 Å². The summed E-state index contributed by atoms with van der Waals surface area (Å²) in [7, 11) is 0. The summed E-state index contributed by atoms with van der Waals surface area (Å²) in [5.41, 5.74) is 1.09. The Bertz CT molecular complexity index is 179. The van der Waals surface area contributed by atoms with Crippen LogP contribution in [0.25, 0.3) is 0 Å². The molecule has 9 heavy (non-hydrogen) atoms. The minimum atomic E-state index is 1.09. The van der Waals surface area contributed by atoms with Crippen LogP contribution in [-0.2, 0) is 0 Å². The molecule has 0 saturated carbocycles. The van der Waals surface area contributed by atoms with Gasteiger partial charge in [-0.05, 0) is 11.6 Å². The van der Waals surface area contributed by atoms with E-state index in [1.165, 1.54) is 0 Å². The molecule has 0 aromatic carbocycles. The highest BCUT2D eigenvalue weighted by molar-refractivity contribution is 5.22. The van der Waals surface area contributed by atoms with E-state index in [4.69, 9.17) is 0 Å². The van der Waals surface area contributed by atoms with Crippen molar-refractivity contribution in [1.29, 1.82) is 0 Å². The molecule has 0 fully saturated rings. The maximum absolute atomic E-state index is 3.92. The van der Waals surface area contributed by atoms with Gasteiger partial charge in [0.25, 0.3) is 0 Å². The summed E-state index contributed by atoms with van der Waals surface area (Å²) in [4.78, 5) is 3.92. The van der Waals surface area contributed by atoms with Crippen molar-refractivity contribution >= 4 is 0 Å². The van der Waals surface area contributed by atoms with Gasteiger partial charge in [0, 0.05) is 18.8 Å². The Balaban J connectivity index is 2.72. The maximum atomic E-state index is 3.92. The Morgan fingerprint density at radius 1 is 1.56 bits per heavy atom. The van der Waals surface area contributed by atoms with E-state index >= 15 is 0 Å². The van der Waals surface area contributed by atoms with Gasteiger partial charge in [-0.2, -0.15) is 0 Å². The highest BCUT2D eigenvalue weighted by Crippen LogP contribution is 1.98. The normalized spacial score (nSPS) is 8.89. The minimum Gasteiger partial charge on any atom is -0.264 e. The molecule has 0 atom stereocenters. The first-order chi connectivity index (χ1) is 4.43. The van der Waals surface area contributed by atoms with Crippen LogP contribution in [0.5, 0.6) is 0 Å². The highest BCUT2D eigenvalue weighted by Gasteiger charge is 1.83. The van der Waals surface area contributed by atoms with Crippen LogP contribution in [-0.4, -0.2) is 4.98 Å². The fourth-order valence-corrected chi connectivity index (χ4v) is 0.611. The van der Waals surface area contributed by atoms with Crippen molar-refractivity contribution in [3.8, 4) is 0 Å². The predicted octanol–water partition coefficient (Wildman–Crippen LogP) is 1.82. The molecule has 0 aliphatic carbocycles. The molecule has 1 rings (SSSR count). The molecule has 0 unspecified atom stereocenters. The molecule has 45 valence electrons. The number of pyridine rings is 1. The lowest BCUT2D eigenvalue weighted by Gasteiger charge is -1.89. The Kier molecular flexibility index (Phi) is 2.02. The van der Waals surface area contributed by atoms with Crippen LogP contribution in [0.3, 0.4) is 0 Å². The van der Waals surface area contributed by atoms with Gasteiger partial charge in [0.1, 0.15) is 0 Å². The van der Waals surface area contributed by atoms with Gasteiger partial charge in [0.15, 0.2) is 0 Å². The largest absolute Gasteiger partial charge is 0.264 e. The number of nitrogens with zero attached hydrogens (tertiary/aromatic N) is 1. The van der Waals surface area contributed by atoms with Crippen molar-refractivity contribution in [2.75, 3.05) is 0 Å². The van der Waals surface area contributed by atoms with Crippen LogP contribution in [0, 0.1) is 6.42 Å². The Hall–Kier alpha value is -1.11. The molecule has 1 aromatic heterocycles. The summed E-state index contributed by atoms with van der Waals surface area (Å²) in [6.07, 6.45) is 7.20. The lowest BCUT2D eigenvalue weighted by molar-refractivity contribution is 1.29. The second-order valence-corrected chi connectivity index (χ2v) is 1.69. The monoisotopic (exact) mass is 118 g/mol. The topological polar surface area (TPSA) is 12.9 Å². The Morgan fingerprint density at radius 3 is 3.00 bits per heavy atom.